The van der Waals surface area contributed by atoms with Gasteiger partial charge in [-0.1, -0.05) is 23.7 Å². The SMILES string of the molecule is O=C(Nc1ccc(S(=O)(=O)N2CCOCC2)cc1)C1CCN(S(=O)(=O)Cc2ccc(Cl)cc2)CC1. The number of nitrogens with one attached hydrogen (secondary N) is 1. The van der Waals surface area contributed by atoms with Gasteiger partial charge in [0.25, 0.3) is 0 Å². The van der Waals surface area contributed by atoms with Crippen LogP contribution in [0.25, 0.3) is 0 Å². The summed E-state index contributed by atoms with van der Waals surface area (Å²) in [4.78, 5) is 12.9. The van der Waals surface area contributed by atoms with Crippen LogP contribution in [0.2, 0.25) is 5.02 Å². The first kappa shape index (κ1) is 26.1. The molecule has 2 aromatic rings. The minimum absolute atomic E-state index is 0.110. The van der Waals surface area contributed by atoms with Gasteiger partial charge in [-0.05, 0) is 54.8 Å². The minimum Gasteiger partial charge on any atom is -0.379 e. The summed E-state index contributed by atoms with van der Waals surface area (Å²) in [6.07, 6.45) is 0.824. The van der Waals surface area contributed by atoms with Crippen LogP contribution in [-0.2, 0) is 35.3 Å². The van der Waals surface area contributed by atoms with Crippen molar-refractivity contribution in [3.63, 3.8) is 0 Å². The molecule has 2 aromatic carbocycles. The van der Waals surface area contributed by atoms with Crippen LogP contribution >= 0.6 is 11.6 Å². The van der Waals surface area contributed by atoms with Crippen LogP contribution in [0.5, 0.6) is 0 Å². The largest absolute Gasteiger partial charge is 0.379 e. The minimum atomic E-state index is -3.60. The first-order valence-corrected chi connectivity index (χ1v) is 14.8. The molecular formula is C23H28ClN3O6S2. The quantitative estimate of drug-likeness (QED) is 0.576. The second-order valence-corrected chi connectivity index (χ2v) is 12.9. The lowest BCUT2D eigenvalue weighted by atomic mass is 9.97. The maximum absolute atomic E-state index is 12.8. The Morgan fingerprint density at radius 3 is 2.09 bits per heavy atom. The lowest BCUT2D eigenvalue weighted by Crippen LogP contribution is -2.41. The van der Waals surface area contributed by atoms with E-state index in [1.807, 2.05) is 0 Å². The number of carbonyl (C=O) groups is 1. The highest BCUT2D eigenvalue weighted by Crippen LogP contribution is 2.25. The van der Waals surface area contributed by atoms with E-state index in [-0.39, 0.29) is 35.6 Å². The summed E-state index contributed by atoms with van der Waals surface area (Å²) < 4.78 is 59.0. The number of amides is 1. The Kier molecular flexibility index (Phi) is 8.14. The van der Waals surface area contributed by atoms with E-state index in [0.717, 1.165) is 0 Å². The van der Waals surface area contributed by atoms with Crippen molar-refractivity contribution in [1.29, 1.82) is 0 Å². The molecule has 2 fully saturated rings. The molecule has 0 aromatic heterocycles. The fraction of sp³-hybridized carbons (Fsp3) is 0.435. The molecule has 4 rings (SSSR count). The first-order valence-electron chi connectivity index (χ1n) is 11.4. The maximum Gasteiger partial charge on any atom is 0.243 e. The summed E-state index contributed by atoms with van der Waals surface area (Å²) in [5.74, 6) is -0.641. The molecule has 0 bridgehead atoms. The third kappa shape index (κ3) is 6.41. The van der Waals surface area contributed by atoms with Crippen molar-refractivity contribution in [3.8, 4) is 0 Å². The number of anilines is 1. The summed E-state index contributed by atoms with van der Waals surface area (Å²) >= 11 is 5.86. The fourth-order valence-corrected chi connectivity index (χ4v) is 7.27. The lowest BCUT2D eigenvalue weighted by molar-refractivity contribution is -0.120. The van der Waals surface area contributed by atoms with E-state index in [1.165, 1.54) is 20.7 Å². The van der Waals surface area contributed by atoms with Gasteiger partial charge in [0, 0.05) is 42.8 Å². The molecule has 0 spiro atoms. The molecule has 9 nitrogen and oxygen atoms in total. The van der Waals surface area contributed by atoms with Crippen LogP contribution in [0.15, 0.2) is 53.4 Å². The van der Waals surface area contributed by atoms with Gasteiger partial charge in [-0.2, -0.15) is 4.31 Å². The van der Waals surface area contributed by atoms with E-state index in [4.69, 9.17) is 16.3 Å². The second-order valence-electron chi connectivity index (χ2n) is 8.59. The Labute approximate surface area is 211 Å². The third-order valence-electron chi connectivity index (χ3n) is 6.21. The van der Waals surface area contributed by atoms with Crippen molar-refractivity contribution in [1.82, 2.24) is 8.61 Å². The molecule has 2 aliphatic heterocycles. The number of morpholine rings is 1. The van der Waals surface area contributed by atoms with Gasteiger partial charge < -0.3 is 10.1 Å². The van der Waals surface area contributed by atoms with Crippen molar-refractivity contribution in [2.24, 2.45) is 5.92 Å². The number of rotatable bonds is 7. The average Bonchev–Trinajstić information content (AvgIpc) is 2.86. The van der Waals surface area contributed by atoms with Crippen LogP contribution in [0.4, 0.5) is 5.69 Å². The Morgan fingerprint density at radius 1 is 0.886 bits per heavy atom. The molecule has 1 N–H and O–H groups in total. The van der Waals surface area contributed by atoms with Crippen molar-refractivity contribution in [2.75, 3.05) is 44.7 Å². The van der Waals surface area contributed by atoms with Crippen molar-refractivity contribution < 1.29 is 26.4 Å². The van der Waals surface area contributed by atoms with Crippen LogP contribution < -0.4 is 5.32 Å². The monoisotopic (exact) mass is 541 g/mol. The lowest BCUT2D eigenvalue weighted by Gasteiger charge is -2.30. The van der Waals surface area contributed by atoms with Crippen LogP contribution in [0.3, 0.4) is 0 Å². The van der Waals surface area contributed by atoms with Gasteiger partial charge in [0.05, 0.1) is 23.9 Å². The van der Waals surface area contributed by atoms with Crippen LogP contribution in [0, 0.1) is 5.92 Å². The van der Waals surface area contributed by atoms with Gasteiger partial charge in [0.15, 0.2) is 0 Å². The van der Waals surface area contributed by atoms with Gasteiger partial charge in [-0.25, -0.2) is 21.1 Å². The molecule has 2 saturated heterocycles. The smallest absolute Gasteiger partial charge is 0.243 e. The number of ether oxygens (including phenoxy) is 1. The molecule has 35 heavy (non-hydrogen) atoms. The van der Waals surface area contributed by atoms with E-state index >= 15 is 0 Å². The zero-order chi connectivity index (χ0) is 25.1. The third-order valence-corrected chi connectivity index (χ3v) is 10.2. The number of piperidine rings is 1. The number of benzene rings is 2. The fourth-order valence-electron chi connectivity index (χ4n) is 4.17. The summed E-state index contributed by atoms with van der Waals surface area (Å²) in [5.41, 5.74) is 1.15. The Bertz CT molecular complexity index is 1240. The number of hydrogen-bond acceptors (Lipinski definition) is 6. The van der Waals surface area contributed by atoms with Gasteiger partial charge in [-0.3, -0.25) is 4.79 Å². The van der Waals surface area contributed by atoms with Crippen molar-refractivity contribution in [2.45, 2.75) is 23.5 Å². The number of sulfonamides is 2. The molecule has 0 aliphatic carbocycles. The molecule has 190 valence electrons. The van der Waals surface area contributed by atoms with Crippen molar-refractivity contribution >= 4 is 43.2 Å². The van der Waals surface area contributed by atoms with Gasteiger partial charge >= 0.3 is 0 Å². The zero-order valence-electron chi connectivity index (χ0n) is 19.1. The zero-order valence-corrected chi connectivity index (χ0v) is 21.5. The molecule has 12 heteroatoms. The van der Waals surface area contributed by atoms with Gasteiger partial charge in [0.1, 0.15) is 0 Å². The number of nitrogens with zero attached hydrogens (tertiary/aromatic N) is 2. The standard InChI is InChI=1S/C23H28ClN3O6S2/c24-20-3-1-18(2-4-20)17-34(29,30)26-11-9-19(10-12-26)23(28)25-21-5-7-22(8-6-21)35(31,32)27-13-15-33-16-14-27/h1-8,19H,9-17H2,(H,25,28). The van der Waals surface area contributed by atoms with E-state index in [0.29, 0.717) is 55.4 Å². The van der Waals surface area contributed by atoms with Crippen LogP contribution in [-0.4, -0.2) is 70.7 Å². The Balaban J connectivity index is 1.30. The average molecular weight is 542 g/mol. The van der Waals surface area contributed by atoms with Crippen molar-refractivity contribution in [3.05, 3.63) is 59.1 Å². The van der Waals surface area contributed by atoms with Gasteiger partial charge in [0.2, 0.25) is 26.0 Å². The summed E-state index contributed by atoms with van der Waals surface area (Å²) in [5, 5.41) is 3.37. The highest BCUT2D eigenvalue weighted by Gasteiger charge is 2.31. The Morgan fingerprint density at radius 2 is 1.49 bits per heavy atom. The highest BCUT2D eigenvalue weighted by molar-refractivity contribution is 7.89. The molecule has 0 saturated carbocycles. The normalized spacial score (nSPS) is 18.9. The molecule has 0 unspecified atom stereocenters. The number of hydrogen-bond donors (Lipinski definition) is 1. The molecule has 2 heterocycles. The number of carbonyl (C=O) groups excluding carboxylic acids is 1. The first-order chi connectivity index (χ1) is 16.6. The predicted octanol–water partition coefficient (Wildman–Crippen LogP) is 2.54. The summed E-state index contributed by atoms with van der Waals surface area (Å²) in [6.45, 7) is 1.91. The maximum atomic E-state index is 12.8. The predicted molar refractivity (Wildman–Crippen MR) is 133 cm³/mol. The molecule has 0 radical (unpaired) electrons. The van der Waals surface area contributed by atoms with E-state index in [1.54, 1.807) is 36.4 Å². The second kappa shape index (κ2) is 10.9. The molecule has 1 amide bonds. The van der Waals surface area contributed by atoms with E-state index in [2.05, 4.69) is 5.32 Å². The number of halogens is 1. The summed E-state index contributed by atoms with van der Waals surface area (Å²) in [6, 6.07) is 12.8. The molecule has 0 atom stereocenters. The van der Waals surface area contributed by atoms with E-state index in [9.17, 15) is 21.6 Å². The van der Waals surface area contributed by atoms with E-state index < -0.39 is 20.0 Å². The van der Waals surface area contributed by atoms with Gasteiger partial charge in [-0.15, -0.1) is 0 Å². The Hall–Kier alpha value is -2.02. The highest BCUT2D eigenvalue weighted by atomic mass is 35.5. The summed E-state index contributed by atoms with van der Waals surface area (Å²) in [7, 11) is -7.10. The van der Waals surface area contributed by atoms with Crippen LogP contribution in [0.1, 0.15) is 18.4 Å². The molecule has 2 aliphatic rings. The topological polar surface area (TPSA) is 113 Å². The molecular weight excluding hydrogens is 514 g/mol.